The van der Waals surface area contributed by atoms with Crippen LogP contribution in [0.5, 0.6) is 0 Å². The third-order valence-corrected chi connectivity index (χ3v) is 3.43. The maximum absolute atomic E-state index is 11.9. The van der Waals surface area contributed by atoms with Crippen LogP contribution in [0.2, 0.25) is 0 Å². The fourth-order valence-corrected chi connectivity index (χ4v) is 2.34. The molecule has 0 saturated heterocycles. The summed E-state index contributed by atoms with van der Waals surface area (Å²) in [5.74, 6) is -1.41. The molecule has 0 aliphatic rings. The topological polar surface area (TPSA) is 95.9 Å². The third kappa shape index (κ3) is 4.36. The van der Waals surface area contributed by atoms with E-state index in [1.807, 2.05) is 0 Å². The average molecular weight is 343 g/mol. The number of nitrogens with one attached hydrogen (secondary N) is 1. The van der Waals surface area contributed by atoms with Crippen molar-refractivity contribution in [1.29, 1.82) is 0 Å². The van der Waals surface area contributed by atoms with E-state index < -0.39 is 23.3 Å². The van der Waals surface area contributed by atoms with Gasteiger partial charge in [0.25, 0.3) is 0 Å². The Balaban J connectivity index is 2.36. The van der Waals surface area contributed by atoms with Gasteiger partial charge in [0.05, 0.1) is 0 Å². The minimum Gasteiger partial charge on any atom is -0.479 e. The van der Waals surface area contributed by atoms with Crippen LogP contribution in [0, 0.1) is 0 Å². The van der Waals surface area contributed by atoms with Crippen LogP contribution in [0.1, 0.15) is 31.9 Å². The Morgan fingerprint density at radius 3 is 2.12 bits per heavy atom. The standard InChI is InChI=1S/C19H21NO5/c1-18(2,3)25-17(23)20-15-11-7-10-14(12-15)19(24,16(21)22)13-8-5-4-6-9-13/h4-12,24H,1-3H3,(H,20,23)(H,21,22). The van der Waals surface area contributed by atoms with Gasteiger partial charge < -0.3 is 14.9 Å². The van der Waals surface area contributed by atoms with Gasteiger partial charge >= 0.3 is 12.1 Å². The van der Waals surface area contributed by atoms with Gasteiger partial charge in [-0.2, -0.15) is 0 Å². The molecule has 1 atom stereocenters. The lowest BCUT2D eigenvalue weighted by atomic mass is 9.86. The van der Waals surface area contributed by atoms with E-state index in [1.165, 1.54) is 24.3 Å². The number of aliphatic hydroxyl groups is 1. The molecule has 1 amide bonds. The summed E-state index contributed by atoms with van der Waals surface area (Å²) in [7, 11) is 0. The number of rotatable bonds is 4. The Kier molecular flexibility index (Phi) is 5.13. The van der Waals surface area contributed by atoms with Crippen LogP contribution in [-0.4, -0.2) is 27.9 Å². The maximum Gasteiger partial charge on any atom is 0.412 e. The molecule has 2 rings (SSSR count). The van der Waals surface area contributed by atoms with Crippen LogP contribution in [0.25, 0.3) is 0 Å². The predicted molar refractivity (Wildman–Crippen MR) is 93.4 cm³/mol. The number of aliphatic carboxylic acids is 1. The number of carboxylic acids is 1. The second-order valence-electron chi connectivity index (χ2n) is 6.59. The molecular formula is C19H21NO5. The monoisotopic (exact) mass is 343 g/mol. The molecule has 3 N–H and O–H groups in total. The number of ether oxygens (including phenoxy) is 1. The molecule has 0 bridgehead atoms. The number of carboxylic acid groups (broad SMARTS) is 1. The molecule has 1 unspecified atom stereocenters. The lowest BCUT2D eigenvalue weighted by Crippen LogP contribution is -2.36. The summed E-state index contributed by atoms with van der Waals surface area (Å²) in [5.41, 5.74) is -2.22. The fourth-order valence-electron chi connectivity index (χ4n) is 2.34. The molecule has 2 aromatic carbocycles. The Morgan fingerprint density at radius 2 is 1.56 bits per heavy atom. The molecule has 0 radical (unpaired) electrons. The van der Waals surface area contributed by atoms with Gasteiger partial charge in [-0.3, -0.25) is 5.32 Å². The summed E-state index contributed by atoms with van der Waals surface area (Å²) >= 11 is 0. The highest BCUT2D eigenvalue weighted by atomic mass is 16.6. The van der Waals surface area contributed by atoms with Crippen molar-refractivity contribution in [2.24, 2.45) is 0 Å². The first-order chi connectivity index (χ1) is 11.6. The van der Waals surface area contributed by atoms with E-state index in [9.17, 15) is 19.8 Å². The molecule has 2 aromatic rings. The first kappa shape index (κ1) is 18.5. The van der Waals surface area contributed by atoms with Crippen molar-refractivity contribution in [2.45, 2.75) is 32.0 Å². The Bertz CT molecular complexity index is 767. The largest absolute Gasteiger partial charge is 0.479 e. The van der Waals surface area contributed by atoms with Gasteiger partial charge in [0.2, 0.25) is 5.60 Å². The quantitative estimate of drug-likeness (QED) is 0.791. The first-order valence-electron chi connectivity index (χ1n) is 7.75. The lowest BCUT2D eigenvalue weighted by molar-refractivity contribution is -0.155. The summed E-state index contributed by atoms with van der Waals surface area (Å²) < 4.78 is 5.17. The van der Waals surface area contributed by atoms with E-state index in [1.54, 1.807) is 51.1 Å². The molecule has 0 fully saturated rings. The second-order valence-corrected chi connectivity index (χ2v) is 6.59. The van der Waals surface area contributed by atoms with Crippen LogP contribution in [0.3, 0.4) is 0 Å². The predicted octanol–water partition coefficient (Wildman–Crippen LogP) is 3.35. The van der Waals surface area contributed by atoms with Gasteiger partial charge in [-0.25, -0.2) is 9.59 Å². The molecular weight excluding hydrogens is 322 g/mol. The van der Waals surface area contributed by atoms with E-state index in [-0.39, 0.29) is 11.1 Å². The number of amides is 1. The molecule has 6 nitrogen and oxygen atoms in total. The zero-order valence-corrected chi connectivity index (χ0v) is 14.3. The Hall–Kier alpha value is -2.86. The molecule has 132 valence electrons. The van der Waals surface area contributed by atoms with E-state index in [0.717, 1.165) is 0 Å². The van der Waals surface area contributed by atoms with Gasteiger partial charge in [0, 0.05) is 11.3 Å². The van der Waals surface area contributed by atoms with Crippen molar-refractivity contribution in [3.05, 3.63) is 65.7 Å². The highest BCUT2D eigenvalue weighted by Crippen LogP contribution is 2.31. The van der Waals surface area contributed by atoms with Crippen molar-refractivity contribution in [2.75, 3.05) is 5.32 Å². The molecule has 0 aromatic heterocycles. The molecule has 0 aliphatic heterocycles. The van der Waals surface area contributed by atoms with Crippen molar-refractivity contribution >= 4 is 17.7 Å². The van der Waals surface area contributed by atoms with Crippen LogP contribution >= 0.6 is 0 Å². The van der Waals surface area contributed by atoms with Crippen LogP contribution in [0.4, 0.5) is 10.5 Å². The van der Waals surface area contributed by atoms with Gasteiger partial charge in [0.15, 0.2) is 0 Å². The van der Waals surface area contributed by atoms with Gasteiger partial charge in [-0.1, -0.05) is 42.5 Å². The number of carbonyl (C=O) groups is 2. The second kappa shape index (κ2) is 6.94. The average Bonchev–Trinajstić information content (AvgIpc) is 2.53. The van der Waals surface area contributed by atoms with Gasteiger partial charge in [-0.05, 0) is 38.5 Å². The third-order valence-electron chi connectivity index (χ3n) is 3.43. The number of benzene rings is 2. The van der Waals surface area contributed by atoms with Crippen molar-refractivity contribution in [3.8, 4) is 0 Å². The number of hydrogen-bond donors (Lipinski definition) is 3. The fraction of sp³-hybridized carbons (Fsp3) is 0.263. The maximum atomic E-state index is 11.9. The minimum atomic E-state index is -2.23. The van der Waals surface area contributed by atoms with Crippen molar-refractivity contribution in [1.82, 2.24) is 0 Å². The van der Waals surface area contributed by atoms with E-state index in [0.29, 0.717) is 5.69 Å². The van der Waals surface area contributed by atoms with Crippen molar-refractivity contribution in [3.63, 3.8) is 0 Å². The smallest absolute Gasteiger partial charge is 0.412 e. The molecule has 6 heteroatoms. The number of anilines is 1. The van der Waals surface area contributed by atoms with E-state index >= 15 is 0 Å². The Labute approximate surface area is 146 Å². The van der Waals surface area contributed by atoms with Crippen LogP contribution < -0.4 is 5.32 Å². The molecule has 0 spiro atoms. The van der Waals surface area contributed by atoms with Crippen LogP contribution in [-0.2, 0) is 15.1 Å². The van der Waals surface area contributed by atoms with Crippen LogP contribution in [0.15, 0.2) is 54.6 Å². The molecule has 25 heavy (non-hydrogen) atoms. The molecule has 0 aliphatic carbocycles. The number of hydrogen-bond acceptors (Lipinski definition) is 4. The highest BCUT2D eigenvalue weighted by Gasteiger charge is 2.40. The van der Waals surface area contributed by atoms with Crippen molar-refractivity contribution < 1.29 is 24.5 Å². The Morgan fingerprint density at radius 1 is 0.960 bits per heavy atom. The zero-order chi connectivity index (χ0) is 18.7. The summed E-state index contributed by atoms with van der Waals surface area (Å²) in [5, 5.41) is 23.0. The summed E-state index contributed by atoms with van der Waals surface area (Å²) in [4.78, 5) is 23.7. The van der Waals surface area contributed by atoms with E-state index in [2.05, 4.69) is 5.32 Å². The van der Waals surface area contributed by atoms with E-state index in [4.69, 9.17) is 4.74 Å². The number of carbonyl (C=O) groups excluding carboxylic acids is 1. The summed E-state index contributed by atoms with van der Waals surface area (Å²) in [6.07, 6.45) is -0.664. The summed E-state index contributed by atoms with van der Waals surface area (Å²) in [6.45, 7) is 5.21. The summed E-state index contributed by atoms with van der Waals surface area (Å²) in [6, 6.07) is 14.1. The minimum absolute atomic E-state index is 0.125. The van der Waals surface area contributed by atoms with Gasteiger partial charge in [-0.15, -0.1) is 0 Å². The lowest BCUT2D eigenvalue weighted by Gasteiger charge is -2.25. The molecule has 0 heterocycles. The first-order valence-corrected chi connectivity index (χ1v) is 7.75. The SMILES string of the molecule is CC(C)(C)OC(=O)Nc1cccc(C(O)(C(=O)O)c2ccccc2)c1. The van der Waals surface area contributed by atoms with Gasteiger partial charge in [0.1, 0.15) is 5.60 Å². The zero-order valence-electron chi connectivity index (χ0n) is 14.3. The highest BCUT2D eigenvalue weighted by molar-refractivity contribution is 5.87. The molecule has 0 saturated carbocycles. The normalized spacial score (nSPS) is 13.6.